The number of halogens is 3. The molecular formula is C18H16F3N4O3+. The van der Waals surface area contributed by atoms with Crippen molar-refractivity contribution in [2.75, 3.05) is 17.2 Å². The van der Waals surface area contributed by atoms with Crippen LogP contribution in [0.3, 0.4) is 0 Å². The molecule has 146 valence electrons. The monoisotopic (exact) mass is 393 g/mol. The van der Waals surface area contributed by atoms with Crippen LogP contribution in [0, 0.1) is 0 Å². The fourth-order valence-electron chi connectivity index (χ4n) is 2.52. The summed E-state index contributed by atoms with van der Waals surface area (Å²) in [5.41, 5.74) is -0.128. The lowest BCUT2D eigenvalue weighted by Gasteiger charge is -2.09. The number of nitrogens with zero attached hydrogens (tertiary/aromatic N) is 2. The van der Waals surface area contributed by atoms with Gasteiger partial charge in [0.25, 0.3) is 6.20 Å². The topological polar surface area (TPSA) is 91.3 Å². The van der Waals surface area contributed by atoms with Crippen molar-refractivity contribution < 1.29 is 32.3 Å². The zero-order chi connectivity index (χ0) is 20.1. The van der Waals surface area contributed by atoms with Gasteiger partial charge in [0.2, 0.25) is 11.3 Å². The molecular weight excluding hydrogens is 377 g/mol. The normalized spacial score (nSPS) is 12.4. The third kappa shape index (κ3) is 4.65. The van der Waals surface area contributed by atoms with Gasteiger partial charge in [0.05, 0.1) is 5.56 Å². The third-order valence-electron chi connectivity index (χ3n) is 3.84. The minimum atomic E-state index is -4.51. The smallest absolute Gasteiger partial charge is 0.389 e. The van der Waals surface area contributed by atoms with E-state index in [-0.39, 0.29) is 18.2 Å². The fraction of sp³-hybridized carbons (Fsp3) is 0.167. The predicted octanol–water partition coefficient (Wildman–Crippen LogP) is 3.21. The van der Waals surface area contributed by atoms with Crippen molar-refractivity contribution in [2.24, 2.45) is 0 Å². The first-order chi connectivity index (χ1) is 13.4. The molecule has 3 N–H and O–H groups in total. The number of benzene rings is 2. The van der Waals surface area contributed by atoms with Gasteiger partial charge in [-0.05, 0) is 22.9 Å². The molecule has 0 spiro atoms. The van der Waals surface area contributed by atoms with Gasteiger partial charge >= 0.3 is 18.1 Å². The van der Waals surface area contributed by atoms with Crippen LogP contribution in [-0.2, 0) is 6.18 Å². The Labute approximate surface area is 157 Å². The summed E-state index contributed by atoms with van der Waals surface area (Å²) in [7, 11) is 0. The molecule has 3 aromatic rings. The summed E-state index contributed by atoms with van der Waals surface area (Å²) in [6.07, 6.45) is -3.15. The van der Waals surface area contributed by atoms with E-state index in [1.54, 1.807) is 24.3 Å². The summed E-state index contributed by atoms with van der Waals surface area (Å²) in [5, 5.41) is 18.0. The predicted molar refractivity (Wildman–Crippen MR) is 92.5 cm³/mol. The van der Waals surface area contributed by atoms with Crippen LogP contribution in [0.25, 0.3) is 0 Å². The van der Waals surface area contributed by atoms with Crippen molar-refractivity contribution in [1.29, 1.82) is 0 Å². The van der Waals surface area contributed by atoms with Crippen LogP contribution in [0.1, 0.15) is 17.2 Å². The molecule has 10 heteroatoms. The number of carbonyl (C=O) groups is 1. The average Bonchev–Trinajstić information content (AvgIpc) is 3.10. The van der Waals surface area contributed by atoms with E-state index in [1.165, 1.54) is 23.0 Å². The van der Waals surface area contributed by atoms with Crippen LogP contribution < -0.4 is 15.3 Å². The van der Waals surface area contributed by atoms with Gasteiger partial charge in [0, 0.05) is 11.3 Å². The number of amides is 2. The van der Waals surface area contributed by atoms with Crippen LogP contribution in [0.5, 0.6) is 0 Å². The highest BCUT2D eigenvalue weighted by Crippen LogP contribution is 2.30. The van der Waals surface area contributed by atoms with Crippen molar-refractivity contribution in [3.63, 3.8) is 0 Å². The quantitative estimate of drug-likeness (QED) is 0.581. The molecule has 1 atom stereocenters. The number of aliphatic hydroxyl groups is 1. The Hall–Kier alpha value is -3.40. The number of aliphatic hydroxyl groups excluding tert-OH is 1. The number of aromatic nitrogens is 2. The molecule has 1 unspecified atom stereocenters. The molecule has 0 aliphatic rings. The number of alkyl halides is 3. The number of hydrogen-bond donors (Lipinski definition) is 3. The number of urea groups is 1. The highest BCUT2D eigenvalue weighted by molar-refractivity contribution is 5.98. The van der Waals surface area contributed by atoms with Crippen molar-refractivity contribution in [3.05, 3.63) is 71.9 Å². The second-order valence-electron chi connectivity index (χ2n) is 5.81. The first kappa shape index (κ1) is 19.4. The summed E-state index contributed by atoms with van der Waals surface area (Å²) in [5.74, 6) is -0.0427. The number of nitrogens with one attached hydrogen (secondary N) is 2. The number of anilines is 2. The first-order valence-electron chi connectivity index (χ1n) is 8.16. The third-order valence-corrected chi connectivity index (χ3v) is 3.84. The Balaban J connectivity index is 1.67. The number of hydrogen-bond acceptors (Lipinski definition) is 4. The van der Waals surface area contributed by atoms with Gasteiger partial charge < -0.3 is 10.4 Å². The summed E-state index contributed by atoms with van der Waals surface area (Å²) in [6, 6.07) is 12.0. The van der Waals surface area contributed by atoms with E-state index in [4.69, 9.17) is 4.52 Å². The van der Waals surface area contributed by atoms with E-state index >= 15 is 0 Å². The molecule has 1 aromatic heterocycles. The molecule has 0 radical (unpaired) electrons. The zero-order valence-corrected chi connectivity index (χ0v) is 14.3. The summed E-state index contributed by atoms with van der Waals surface area (Å²) in [4.78, 5) is 12.0. The minimum Gasteiger partial charge on any atom is -0.389 e. The largest absolute Gasteiger partial charge is 0.416 e. The molecule has 0 saturated heterocycles. The molecule has 7 nitrogen and oxygen atoms in total. The van der Waals surface area contributed by atoms with Crippen LogP contribution in [0.15, 0.2) is 65.3 Å². The lowest BCUT2D eigenvalue weighted by atomic mass is 10.1. The van der Waals surface area contributed by atoms with Crippen molar-refractivity contribution in [2.45, 2.75) is 12.2 Å². The highest BCUT2D eigenvalue weighted by atomic mass is 19.4. The molecule has 0 aliphatic heterocycles. The SMILES string of the molecule is O=C(Nc1cccc(C(F)(F)F)c1)Nc1c[n+](C(CO)c2ccccc2)no1. The lowest BCUT2D eigenvalue weighted by molar-refractivity contribution is -0.778. The molecule has 0 bridgehead atoms. The van der Waals surface area contributed by atoms with Crippen molar-refractivity contribution in [1.82, 2.24) is 5.27 Å². The summed E-state index contributed by atoms with van der Waals surface area (Å²) in [6.45, 7) is -0.253. The average molecular weight is 393 g/mol. The van der Waals surface area contributed by atoms with E-state index in [2.05, 4.69) is 15.9 Å². The van der Waals surface area contributed by atoms with Gasteiger partial charge in [-0.2, -0.15) is 13.2 Å². The van der Waals surface area contributed by atoms with Crippen LogP contribution in [0.2, 0.25) is 0 Å². The highest BCUT2D eigenvalue weighted by Gasteiger charge is 2.30. The second-order valence-corrected chi connectivity index (χ2v) is 5.81. The van der Waals surface area contributed by atoms with Gasteiger partial charge in [-0.15, -0.1) is 0 Å². The van der Waals surface area contributed by atoms with E-state index in [9.17, 15) is 23.1 Å². The molecule has 0 fully saturated rings. The van der Waals surface area contributed by atoms with E-state index < -0.39 is 23.8 Å². The lowest BCUT2D eigenvalue weighted by Crippen LogP contribution is -2.43. The van der Waals surface area contributed by atoms with Gasteiger partial charge in [-0.25, -0.2) is 4.79 Å². The zero-order valence-electron chi connectivity index (χ0n) is 14.3. The van der Waals surface area contributed by atoms with Gasteiger partial charge in [0.1, 0.15) is 6.61 Å². The fourth-order valence-corrected chi connectivity index (χ4v) is 2.52. The molecule has 28 heavy (non-hydrogen) atoms. The molecule has 2 aromatic carbocycles. The van der Waals surface area contributed by atoms with Crippen molar-refractivity contribution >= 4 is 17.6 Å². The minimum absolute atomic E-state index is 0.0303. The number of rotatable bonds is 5. The van der Waals surface area contributed by atoms with Gasteiger partial charge in [-0.3, -0.25) is 9.84 Å². The molecule has 0 saturated carbocycles. The molecule has 1 heterocycles. The summed E-state index contributed by atoms with van der Waals surface area (Å²) < 4.78 is 44.5. The van der Waals surface area contributed by atoms with Crippen LogP contribution in [0.4, 0.5) is 29.5 Å². The molecule has 2 amide bonds. The second kappa shape index (κ2) is 8.09. The van der Waals surface area contributed by atoms with Gasteiger partial charge in [-0.1, -0.05) is 36.4 Å². The molecule has 0 aliphatic carbocycles. The maximum atomic E-state index is 12.7. The maximum absolute atomic E-state index is 12.7. The van der Waals surface area contributed by atoms with Crippen molar-refractivity contribution in [3.8, 4) is 0 Å². The Morgan fingerprint density at radius 3 is 2.57 bits per heavy atom. The molecule has 3 rings (SSSR count). The number of carbonyl (C=O) groups excluding carboxylic acids is 1. The Bertz CT molecular complexity index is 945. The standard InChI is InChI=1S/C18H15F3N4O3/c19-18(20,21)13-7-4-8-14(9-13)22-17(27)23-16-10-25(24-28-16)15(11-26)12-5-2-1-3-6-12/h1-10,15,26H,11H2,(H-,22,23,24,27)/p+1. The summed E-state index contributed by atoms with van der Waals surface area (Å²) >= 11 is 0. The van der Waals surface area contributed by atoms with Crippen LogP contribution in [-0.4, -0.2) is 23.0 Å². The first-order valence-corrected chi connectivity index (χ1v) is 8.16. The van der Waals surface area contributed by atoms with Crippen LogP contribution >= 0.6 is 0 Å². The Morgan fingerprint density at radius 2 is 1.89 bits per heavy atom. The van der Waals surface area contributed by atoms with E-state index in [0.717, 1.165) is 17.7 Å². The van der Waals surface area contributed by atoms with E-state index in [0.29, 0.717) is 0 Å². The van der Waals surface area contributed by atoms with E-state index in [1.807, 2.05) is 6.07 Å². The Kier molecular flexibility index (Phi) is 5.59. The van der Waals surface area contributed by atoms with Gasteiger partial charge in [0.15, 0.2) is 0 Å². The Morgan fingerprint density at radius 1 is 1.14 bits per heavy atom. The maximum Gasteiger partial charge on any atom is 0.416 e.